The third kappa shape index (κ3) is 4.90. The van der Waals surface area contributed by atoms with Crippen molar-refractivity contribution in [3.05, 3.63) is 63.9 Å². The number of rotatable bonds is 6. The molecule has 0 amide bonds. The van der Waals surface area contributed by atoms with Gasteiger partial charge in [-0.2, -0.15) is 0 Å². The molecule has 31 heavy (non-hydrogen) atoms. The summed E-state index contributed by atoms with van der Waals surface area (Å²) in [6.45, 7) is 8.35. The normalized spacial score (nSPS) is 16.5. The number of benzene rings is 1. The molecule has 3 aromatic rings. The lowest BCUT2D eigenvalue weighted by atomic mass is 9.91. The van der Waals surface area contributed by atoms with Crippen LogP contribution in [-0.4, -0.2) is 33.9 Å². The number of nitrogens with one attached hydrogen (secondary N) is 2. The van der Waals surface area contributed by atoms with Crippen molar-refractivity contribution in [3.63, 3.8) is 0 Å². The Morgan fingerprint density at radius 3 is 2.84 bits per heavy atom. The molecule has 4 rings (SSSR count). The molecule has 1 unspecified atom stereocenters. The zero-order valence-corrected chi connectivity index (χ0v) is 19.4. The summed E-state index contributed by atoms with van der Waals surface area (Å²) in [6, 6.07) is 12.6. The fraction of sp³-hybridized carbons (Fsp3) is 0.435. The minimum absolute atomic E-state index is 0.00837. The number of guanidine groups is 1. The van der Waals surface area contributed by atoms with E-state index in [9.17, 15) is 0 Å². The number of ether oxygens (including phenoxy) is 1. The van der Waals surface area contributed by atoms with Crippen molar-refractivity contribution in [2.75, 3.05) is 13.2 Å². The van der Waals surface area contributed by atoms with Crippen LogP contribution in [0, 0.1) is 6.92 Å². The third-order valence-electron chi connectivity index (χ3n) is 5.72. The fourth-order valence-corrected chi connectivity index (χ4v) is 4.46. The van der Waals surface area contributed by atoms with Gasteiger partial charge in [-0.15, -0.1) is 21.5 Å². The quantitative estimate of drug-likeness (QED) is 0.453. The molecular weight excluding hydrogens is 408 g/mol. The van der Waals surface area contributed by atoms with E-state index in [-0.39, 0.29) is 11.5 Å². The lowest BCUT2D eigenvalue weighted by Crippen LogP contribution is -2.45. The van der Waals surface area contributed by atoms with Crippen LogP contribution in [0.3, 0.4) is 0 Å². The molecule has 1 aromatic carbocycles. The Morgan fingerprint density at radius 2 is 2.10 bits per heavy atom. The van der Waals surface area contributed by atoms with Crippen molar-refractivity contribution in [1.29, 1.82) is 0 Å². The maximum Gasteiger partial charge on any atom is 0.192 e. The molecular formula is C23H30N6OS. The number of hydrogen-bond acceptors (Lipinski definition) is 5. The summed E-state index contributed by atoms with van der Waals surface area (Å²) in [5.74, 6) is 3.42. The molecule has 0 spiro atoms. The van der Waals surface area contributed by atoms with Gasteiger partial charge in [-0.05, 0) is 24.4 Å². The first-order valence-corrected chi connectivity index (χ1v) is 11.5. The predicted octanol–water partition coefficient (Wildman–Crippen LogP) is 3.72. The molecule has 0 fully saturated rings. The highest BCUT2D eigenvalue weighted by Crippen LogP contribution is 2.31. The van der Waals surface area contributed by atoms with Gasteiger partial charge in [0.25, 0.3) is 0 Å². The Hall–Kier alpha value is -2.87. The number of hydrogen-bond donors (Lipinski definition) is 2. The van der Waals surface area contributed by atoms with E-state index in [0.717, 1.165) is 41.9 Å². The second-order valence-corrected chi connectivity index (χ2v) is 9.42. The van der Waals surface area contributed by atoms with Gasteiger partial charge in [0, 0.05) is 35.9 Å². The Morgan fingerprint density at radius 1 is 1.26 bits per heavy atom. The second kappa shape index (κ2) is 9.09. The van der Waals surface area contributed by atoms with E-state index in [1.807, 2.05) is 30.7 Å². The molecule has 0 saturated heterocycles. The largest absolute Gasteiger partial charge is 0.493 e. The van der Waals surface area contributed by atoms with Crippen molar-refractivity contribution in [3.8, 4) is 5.75 Å². The zero-order valence-electron chi connectivity index (χ0n) is 18.6. The molecule has 2 N–H and O–H groups in total. The molecule has 1 atom stereocenters. The number of thiophene rings is 1. The molecule has 0 radical (unpaired) electrons. The lowest BCUT2D eigenvalue weighted by molar-refractivity contribution is 0.261. The van der Waals surface area contributed by atoms with Gasteiger partial charge in [0.15, 0.2) is 11.8 Å². The molecule has 164 valence electrons. The van der Waals surface area contributed by atoms with E-state index >= 15 is 0 Å². The van der Waals surface area contributed by atoms with Crippen LogP contribution in [0.15, 0.2) is 46.8 Å². The number of aromatic nitrogens is 3. The van der Waals surface area contributed by atoms with E-state index in [1.165, 1.54) is 4.88 Å². The summed E-state index contributed by atoms with van der Waals surface area (Å²) in [6.07, 6.45) is 0.884. The number of fused-ring (bicyclic) bond motifs is 1. The zero-order chi connectivity index (χ0) is 21.8. The highest BCUT2D eigenvalue weighted by molar-refractivity contribution is 7.10. The summed E-state index contributed by atoms with van der Waals surface area (Å²) in [7, 11) is 1.97. The molecule has 2 aromatic heterocycles. The average molecular weight is 439 g/mol. The smallest absolute Gasteiger partial charge is 0.192 e. The van der Waals surface area contributed by atoms with Crippen LogP contribution >= 0.6 is 11.3 Å². The van der Waals surface area contributed by atoms with Crippen molar-refractivity contribution in [2.45, 2.75) is 45.2 Å². The van der Waals surface area contributed by atoms with Crippen molar-refractivity contribution in [1.82, 2.24) is 25.4 Å². The predicted molar refractivity (Wildman–Crippen MR) is 125 cm³/mol. The number of para-hydroxylation sites is 1. The summed E-state index contributed by atoms with van der Waals surface area (Å²) < 4.78 is 7.80. The van der Waals surface area contributed by atoms with Gasteiger partial charge >= 0.3 is 0 Å². The van der Waals surface area contributed by atoms with E-state index < -0.39 is 0 Å². The van der Waals surface area contributed by atoms with Crippen LogP contribution in [0.4, 0.5) is 0 Å². The standard InChI is InChI=1S/C23H30N6OS/c1-16-27-28-21(29(16)4)14-24-22(25-15-23(2,3)20-10-7-13-31-20)26-18-11-12-30-19-9-6-5-8-17(18)19/h5-10,13,18H,11-12,14-15H2,1-4H3,(H2,24,25,26). The minimum Gasteiger partial charge on any atom is -0.493 e. The maximum absolute atomic E-state index is 5.83. The minimum atomic E-state index is -0.00837. The Kier molecular flexibility index (Phi) is 6.27. The van der Waals surface area contributed by atoms with E-state index in [4.69, 9.17) is 9.73 Å². The molecule has 0 saturated carbocycles. The van der Waals surface area contributed by atoms with Gasteiger partial charge in [-0.25, -0.2) is 4.99 Å². The SMILES string of the molecule is Cc1nnc(CN=C(NCC(C)(C)c2cccs2)NC2CCOc3ccccc32)n1C. The molecule has 1 aliphatic rings. The molecule has 1 aliphatic heterocycles. The second-order valence-electron chi connectivity index (χ2n) is 8.47. The Bertz CT molecular complexity index is 1040. The van der Waals surface area contributed by atoms with Crippen molar-refractivity contribution < 1.29 is 4.74 Å². The molecule has 0 aliphatic carbocycles. The van der Waals surface area contributed by atoms with Gasteiger partial charge in [0.1, 0.15) is 18.1 Å². The number of aryl methyl sites for hydroxylation is 1. The molecule has 0 bridgehead atoms. The topological polar surface area (TPSA) is 76.4 Å². The number of nitrogens with zero attached hydrogens (tertiary/aromatic N) is 4. The van der Waals surface area contributed by atoms with E-state index in [1.54, 1.807) is 11.3 Å². The molecule has 7 nitrogen and oxygen atoms in total. The first-order valence-electron chi connectivity index (χ1n) is 10.6. The molecule has 3 heterocycles. The fourth-order valence-electron chi connectivity index (χ4n) is 3.60. The summed E-state index contributed by atoms with van der Waals surface area (Å²) in [5, 5.41) is 17.7. The van der Waals surface area contributed by atoms with E-state index in [2.05, 4.69) is 64.3 Å². The number of aliphatic imine (C=N–C) groups is 1. The van der Waals surface area contributed by atoms with E-state index in [0.29, 0.717) is 13.2 Å². The van der Waals surface area contributed by atoms with Crippen LogP contribution in [0.25, 0.3) is 0 Å². The highest BCUT2D eigenvalue weighted by atomic mass is 32.1. The van der Waals surface area contributed by atoms with Crippen LogP contribution in [0.2, 0.25) is 0 Å². The van der Waals surface area contributed by atoms with Gasteiger partial charge in [-0.3, -0.25) is 0 Å². The van der Waals surface area contributed by atoms with Crippen LogP contribution in [0.1, 0.15) is 48.4 Å². The van der Waals surface area contributed by atoms with Crippen LogP contribution in [-0.2, 0) is 19.0 Å². The monoisotopic (exact) mass is 438 g/mol. The van der Waals surface area contributed by atoms with Gasteiger partial charge in [-0.1, -0.05) is 38.1 Å². The summed E-state index contributed by atoms with van der Waals surface area (Å²) in [4.78, 5) is 6.20. The van der Waals surface area contributed by atoms with Crippen molar-refractivity contribution >= 4 is 17.3 Å². The van der Waals surface area contributed by atoms with Crippen LogP contribution in [0.5, 0.6) is 5.75 Å². The summed E-state index contributed by atoms with van der Waals surface area (Å²) in [5.41, 5.74) is 1.15. The Labute approximate surface area is 187 Å². The first kappa shape index (κ1) is 21.4. The summed E-state index contributed by atoms with van der Waals surface area (Å²) >= 11 is 1.78. The maximum atomic E-state index is 5.83. The highest BCUT2D eigenvalue weighted by Gasteiger charge is 2.25. The first-order chi connectivity index (χ1) is 14.9. The lowest BCUT2D eigenvalue weighted by Gasteiger charge is -2.30. The third-order valence-corrected chi connectivity index (χ3v) is 6.95. The van der Waals surface area contributed by atoms with Crippen molar-refractivity contribution in [2.24, 2.45) is 12.0 Å². The van der Waals surface area contributed by atoms with Gasteiger partial charge < -0.3 is 19.9 Å². The average Bonchev–Trinajstić information content (AvgIpc) is 3.42. The molecule has 8 heteroatoms. The Balaban J connectivity index is 1.54. The van der Waals surface area contributed by atoms with Gasteiger partial charge in [0.05, 0.1) is 12.6 Å². The van der Waals surface area contributed by atoms with Crippen LogP contribution < -0.4 is 15.4 Å². The van der Waals surface area contributed by atoms with Gasteiger partial charge in [0.2, 0.25) is 0 Å².